The van der Waals surface area contributed by atoms with Gasteiger partial charge in [-0.15, -0.1) is 0 Å². The van der Waals surface area contributed by atoms with Gasteiger partial charge in [0.25, 0.3) is 0 Å². The summed E-state index contributed by atoms with van der Waals surface area (Å²) in [6, 6.07) is 16.1. The number of nitrogens with zero attached hydrogens (tertiary/aromatic N) is 3. The first-order valence-electron chi connectivity index (χ1n) is 7.16. The summed E-state index contributed by atoms with van der Waals surface area (Å²) in [7, 11) is 0. The minimum atomic E-state index is 0.470. The Kier molecular flexibility index (Phi) is 4.88. The third kappa shape index (κ3) is 3.37. The fraction of sp³-hybridized carbons (Fsp3) is 0.176. The van der Waals surface area contributed by atoms with Crippen LogP contribution in [0.1, 0.15) is 6.92 Å². The molecule has 4 nitrogen and oxygen atoms in total. The molecule has 0 bridgehead atoms. The van der Waals surface area contributed by atoms with Crippen molar-refractivity contribution in [2.75, 3.05) is 6.61 Å². The lowest BCUT2D eigenvalue weighted by molar-refractivity contribution is 0.0831. The van der Waals surface area contributed by atoms with Gasteiger partial charge in [0.05, 0.1) is 17.6 Å². The molecule has 3 aromatic rings. The maximum absolute atomic E-state index is 5.60. The van der Waals surface area contributed by atoms with Crippen LogP contribution in [0.4, 0.5) is 0 Å². The third-order valence-corrected chi connectivity index (χ3v) is 4.14. The number of imidazole rings is 1. The number of pyridine rings is 1. The number of ether oxygens (including phenoxy) is 1. The first-order valence-corrected chi connectivity index (χ1v) is 7.97. The topological polar surface area (TPSA) is 39.9 Å². The van der Waals surface area contributed by atoms with Crippen LogP contribution in [0.15, 0.2) is 71.0 Å². The Morgan fingerprint density at radius 2 is 1.86 bits per heavy atom. The van der Waals surface area contributed by atoms with Crippen LogP contribution in [0.5, 0.6) is 0 Å². The van der Waals surface area contributed by atoms with Crippen molar-refractivity contribution in [1.29, 1.82) is 0 Å². The van der Waals surface area contributed by atoms with Crippen molar-refractivity contribution in [3.05, 3.63) is 60.9 Å². The second-order valence-corrected chi connectivity index (χ2v) is 5.65. The van der Waals surface area contributed by atoms with E-state index in [0.717, 1.165) is 21.4 Å². The van der Waals surface area contributed by atoms with Crippen LogP contribution in [-0.2, 0) is 11.5 Å². The molecule has 22 heavy (non-hydrogen) atoms. The summed E-state index contributed by atoms with van der Waals surface area (Å²) in [5, 5.41) is 0.903. The Morgan fingerprint density at radius 1 is 1.05 bits per heavy atom. The minimum Gasteiger partial charge on any atom is -0.361 e. The molecule has 0 aliphatic rings. The van der Waals surface area contributed by atoms with Gasteiger partial charge in [0, 0.05) is 17.7 Å². The Bertz CT molecular complexity index is 713. The molecule has 0 unspecified atom stereocenters. The monoisotopic (exact) mass is 311 g/mol. The fourth-order valence-electron chi connectivity index (χ4n) is 2.06. The van der Waals surface area contributed by atoms with Crippen LogP contribution in [-0.4, -0.2) is 21.1 Å². The summed E-state index contributed by atoms with van der Waals surface area (Å²) in [5.41, 5.74) is 1.86. The summed E-state index contributed by atoms with van der Waals surface area (Å²) in [5.74, 6) is 0. The lowest BCUT2D eigenvalue weighted by atomic mass is 10.3. The van der Waals surface area contributed by atoms with E-state index in [9.17, 15) is 0 Å². The molecule has 0 radical (unpaired) electrons. The highest BCUT2D eigenvalue weighted by atomic mass is 32.2. The van der Waals surface area contributed by atoms with Crippen molar-refractivity contribution in [2.45, 2.75) is 23.7 Å². The van der Waals surface area contributed by atoms with Gasteiger partial charge in [-0.05, 0) is 31.2 Å². The van der Waals surface area contributed by atoms with E-state index in [1.165, 1.54) is 0 Å². The lowest BCUT2D eigenvalue weighted by Gasteiger charge is -2.11. The quantitative estimate of drug-likeness (QED) is 0.687. The molecule has 0 atom stereocenters. The molecule has 0 amide bonds. The zero-order chi connectivity index (χ0) is 15.2. The largest absolute Gasteiger partial charge is 0.361 e. The van der Waals surface area contributed by atoms with Crippen molar-refractivity contribution >= 4 is 11.8 Å². The zero-order valence-corrected chi connectivity index (χ0v) is 13.2. The molecule has 2 heterocycles. The Hall–Kier alpha value is -2.11. The number of aromatic nitrogens is 3. The smallest absolute Gasteiger partial charge is 0.175 e. The second-order valence-electron chi connectivity index (χ2n) is 4.61. The van der Waals surface area contributed by atoms with Gasteiger partial charge in [-0.2, -0.15) is 0 Å². The van der Waals surface area contributed by atoms with E-state index in [0.29, 0.717) is 13.3 Å². The standard InChI is InChI=1S/C17H17N3OS/c1-2-21-13-20-16(15-10-6-7-11-18-15)12-19-17(20)22-14-8-4-3-5-9-14/h3-12H,2,13H2,1H3. The summed E-state index contributed by atoms with van der Waals surface area (Å²) < 4.78 is 7.66. The molecular formula is C17H17N3OS. The van der Waals surface area contributed by atoms with E-state index in [1.54, 1.807) is 18.0 Å². The van der Waals surface area contributed by atoms with Gasteiger partial charge in [-0.1, -0.05) is 36.0 Å². The highest BCUT2D eigenvalue weighted by molar-refractivity contribution is 7.99. The molecule has 1 aromatic carbocycles. The van der Waals surface area contributed by atoms with Crippen LogP contribution in [0.3, 0.4) is 0 Å². The minimum absolute atomic E-state index is 0.470. The number of hydrogen-bond donors (Lipinski definition) is 0. The van der Waals surface area contributed by atoms with E-state index in [-0.39, 0.29) is 0 Å². The van der Waals surface area contributed by atoms with Crippen molar-refractivity contribution < 1.29 is 4.74 Å². The van der Waals surface area contributed by atoms with Crippen LogP contribution < -0.4 is 0 Å². The highest BCUT2D eigenvalue weighted by Gasteiger charge is 2.13. The van der Waals surface area contributed by atoms with Crippen molar-refractivity contribution in [2.24, 2.45) is 0 Å². The van der Waals surface area contributed by atoms with Crippen LogP contribution in [0, 0.1) is 0 Å². The first-order chi connectivity index (χ1) is 10.9. The second kappa shape index (κ2) is 7.24. The van der Waals surface area contributed by atoms with Gasteiger partial charge in [-0.3, -0.25) is 9.55 Å². The van der Waals surface area contributed by atoms with Crippen molar-refractivity contribution in [1.82, 2.24) is 14.5 Å². The van der Waals surface area contributed by atoms with E-state index in [2.05, 4.69) is 26.7 Å². The maximum atomic E-state index is 5.60. The average Bonchev–Trinajstić information content (AvgIpc) is 2.97. The van der Waals surface area contributed by atoms with Crippen LogP contribution in [0.25, 0.3) is 11.4 Å². The third-order valence-electron chi connectivity index (χ3n) is 3.12. The summed E-state index contributed by atoms with van der Waals surface area (Å²) in [6.07, 6.45) is 3.64. The lowest BCUT2D eigenvalue weighted by Crippen LogP contribution is -2.06. The van der Waals surface area contributed by atoms with Crippen LogP contribution >= 0.6 is 11.8 Å². The molecule has 0 aliphatic heterocycles. The predicted molar refractivity (Wildman–Crippen MR) is 87.6 cm³/mol. The first kappa shape index (κ1) is 14.8. The summed E-state index contributed by atoms with van der Waals surface area (Å²) >= 11 is 1.62. The maximum Gasteiger partial charge on any atom is 0.175 e. The molecular weight excluding hydrogens is 294 g/mol. The van der Waals surface area contributed by atoms with Gasteiger partial charge >= 0.3 is 0 Å². The molecule has 0 spiro atoms. The zero-order valence-electron chi connectivity index (χ0n) is 12.3. The molecule has 0 saturated heterocycles. The van der Waals surface area contributed by atoms with E-state index < -0.39 is 0 Å². The van der Waals surface area contributed by atoms with Gasteiger partial charge in [0.15, 0.2) is 5.16 Å². The highest BCUT2D eigenvalue weighted by Crippen LogP contribution is 2.30. The molecule has 0 saturated carbocycles. The Balaban J connectivity index is 1.94. The Morgan fingerprint density at radius 3 is 2.59 bits per heavy atom. The normalized spacial score (nSPS) is 10.8. The SMILES string of the molecule is CCOCn1c(-c2ccccn2)cnc1Sc1ccccc1. The molecule has 0 N–H and O–H groups in total. The van der Waals surface area contributed by atoms with Gasteiger partial charge in [0.1, 0.15) is 6.73 Å². The predicted octanol–water partition coefficient (Wildman–Crippen LogP) is 4.09. The van der Waals surface area contributed by atoms with Gasteiger partial charge < -0.3 is 4.74 Å². The van der Waals surface area contributed by atoms with Crippen molar-refractivity contribution in [3.8, 4) is 11.4 Å². The molecule has 2 aromatic heterocycles. The molecule has 5 heteroatoms. The van der Waals surface area contributed by atoms with Gasteiger partial charge in [-0.25, -0.2) is 4.98 Å². The molecule has 3 rings (SSSR count). The summed E-state index contributed by atoms with van der Waals surface area (Å²) in [6.45, 7) is 3.12. The molecule has 112 valence electrons. The van der Waals surface area contributed by atoms with Crippen molar-refractivity contribution in [3.63, 3.8) is 0 Å². The van der Waals surface area contributed by atoms with E-state index in [1.807, 2.05) is 49.5 Å². The summed E-state index contributed by atoms with van der Waals surface area (Å²) in [4.78, 5) is 10.1. The average molecular weight is 311 g/mol. The number of hydrogen-bond acceptors (Lipinski definition) is 4. The number of rotatable bonds is 6. The van der Waals surface area contributed by atoms with E-state index >= 15 is 0 Å². The molecule has 0 fully saturated rings. The number of benzene rings is 1. The fourth-order valence-corrected chi connectivity index (χ4v) is 2.93. The van der Waals surface area contributed by atoms with E-state index in [4.69, 9.17) is 4.74 Å². The Labute approximate surface area is 134 Å². The van der Waals surface area contributed by atoms with Crippen LogP contribution in [0.2, 0.25) is 0 Å². The van der Waals surface area contributed by atoms with Gasteiger partial charge in [0.2, 0.25) is 0 Å². The molecule has 0 aliphatic carbocycles.